The molecule has 0 aliphatic carbocycles. The molecule has 0 aromatic heterocycles. The molecule has 7 nitrogen and oxygen atoms in total. The molecular formula is C9H7NO6. The highest BCUT2D eigenvalue weighted by Gasteiger charge is 2.20. The van der Waals surface area contributed by atoms with Crippen LogP contribution in [0.3, 0.4) is 0 Å². The Morgan fingerprint density at radius 1 is 0.812 bits per heavy atom. The highest BCUT2D eigenvalue weighted by molar-refractivity contribution is 6.06. The van der Waals surface area contributed by atoms with Gasteiger partial charge < -0.3 is 21.1 Å². The number of nitrogens with two attached hydrogens (primary N) is 1. The van der Waals surface area contributed by atoms with E-state index in [-0.39, 0.29) is 5.69 Å². The van der Waals surface area contributed by atoms with Gasteiger partial charge in [0.1, 0.15) is 0 Å². The maximum absolute atomic E-state index is 10.7. The van der Waals surface area contributed by atoms with E-state index in [1.807, 2.05) is 0 Å². The number of carbonyl (C=O) groups is 3. The number of benzene rings is 1. The van der Waals surface area contributed by atoms with Gasteiger partial charge >= 0.3 is 17.9 Å². The lowest BCUT2D eigenvalue weighted by molar-refractivity contribution is 0.0649. The van der Waals surface area contributed by atoms with Crippen LogP contribution in [0, 0.1) is 0 Å². The van der Waals surface area contributed by atoms with Crippen molar-refractivity contribution in [1.29, 1.82) is 0 Å². The largest absolute Gasteiger partial charge is 0.478 e. The maximum atomic E-state index is 10.7. The smallest absolute Gasteiger partial charge is 0.337 e. The number of hydrogen-bond acceptors (Lipinski definition) is 4. The quantitative estimate of drug-likeness (QED) is 0.545. The Balaban J connectivity index is 3.55. The summed E-state index contributed by atoms with van der Waals surface area (Å²) in [5, 5.41) is 26.1. The van der Waals surface area contributed by atoms with Crippen molar-refractivity contribution in [3.05, 3.63) is 28.8 Å². The van der Waals surface area contributed by atoms with E-state index < -0.39 is 34.6 Å². The molecule has 0 unspecified atom stereocenters. The van der Waals surface area contributed by atoms with Gasteiger partial charge in [0.25, 0.3) is 0 Å². The second-order valence-corrected chi connectivity index (χ2v) is 2.90. The van der Waals surface area contributed by atoms with Crippen molar-refractivity contribution < 1.29 is 29.7 Å². The molecule has 1 aromatic rings. The predicted octanol–water partition coefficient (Wildman–Crippen LogP) is 0.363. The van der Waals surface area contributed by atoms with Gasteiger partial charge in [-0.15, -0.1) is 0 Å². The molecule has 0 saturated carbocycles. The summed E-state index contributed by atoms with van der Waals surface area (Å²) in [5.41, 5.74) is 3.40. The zero-order valence-electron chi connectivity index (χ0n) is 7.80. The van der Waals surface area contributed by atoms with E-state index in [1.54, 1.807) is 0 Å². The van der Waals surface area contributed by atoms with Crippen molar-refractivity contribution in [3.8, 4) is 0 Å². The highest BCUT2D eigenvalue weighted by atomic mass is 16.4. The molecule has 1 aromatic carbocycles. The Hall–Kier alpha value is -2.57. The first-order valence-electron chi connectivity index (χ1n) is 3.98. The molecule has 1 rings (SSSR count). The van der Waals surface area contributed by atoms with Gasteiger partial charge in [0.15, 0.2) is 0 Å². The van der Waals surface area contributed by atoms with E-state index in [9.17, 15) is 14.4 Å². The summed E-state index contributed by atoms with van der Waals surface area (Å²) in [4.78, 5) is 32.1. The number of carboxylic acid groups (broad SMARTS) is 3. The molecule has 0 bridgehead atoms. The first-order valence-corrected chi connectivity index (χ1v) is 3.98. The van der Waals surface area contributed by atoms with Crippen molar-refractivity contribution in [1.82, 2.24) is 0 Å². The summed E-state index contributed by atoms with van der Waals surface area (Å²) >= 11 is 0. The molecule has 0 heterocycles. The Kier molecular flexibility index (Phi) is 2.80. The topological polar surface area (TPSA) is 138 Å². The fourth-order valence-corrected chi connectivity index (χ4v) is 1.16. The van der Waals surface area contributed by atoms with Gasteiger partial charge in [-0.3, -0.25) is 0 Å². The third kappa shape index (κ3) is 1.92. The van der Waals surface area contributed by atoms with E-state index >= 15 is 0 Å². The second-order valence-electron chi connectivity index (χ2n) is 2.90. The molecule has 0 radical (unpaired) electrons. The number of anilines is 1. The lowest BCUT2D eigenvalue weighted by Crippen LogP contribution is -2.12. The molecular weight excluding hydrogens is 218 g/mol. The van der Waals surface area contributed by atoms with Crippen LogP contribution in [-0.2, 0) is 0 Å². The van der Waals surface area contributed by atoms with Crippen molar-refractivity contribution in [2.45, 2.75) is 0 Å². The van der Waals surface area contributed by atoms with Gasteiger partial charge in [-0.2, -0.15) is 0 Å². The monoisotopic (exact) mass is 225 g/mol. The standard InChI is InChI=1S/C9H7NO6/c10-6-2-4(8(13)14)3(7(11)12)1-5(6)9(15)16/h1-2H,10H2,(H,11,12)(H,13,14)(H,15,16). The van der Waals surface area contributed by atoms with E-state index in [0.717, 1.165) is 12.1 Å². The van der Waals surface area contributed by atoms with Gasteiger partial charge in [0, 0.05) is 5.69 Å². The normalized spacial score (nSPS) is 9.75. The van der Waals surface area contributed by atoms with Crippen molar-refractivity contribution in [3.63, 3.8) is 0 Å². The Bertz CT molecular complexity index is 493. The summed E-state index contributed by atoms with van der Waals surface area (Å²) in [6.45, 7) is 0. The minimum atomic E-state index is -1.53. The summed E-state index contributed by atoms with van der Waals surface area (Å²) < 4.78 is 0. The maximum Gasteiger partial charge on any atom is 0.337 e. The molecule has 0 aliphatic heterocycles. The van der Waals surface area contributed by atoms with Crippen molar-refractivity contribution in [2.75, 3.05) is 5.73 Å². The van der Waals surface area contributed by atoms with Gasteiger partial charge in [0.2, 0.25) is 0 Å². The van der Waals surface area contributed by atoms with Gasteiger partial charge in [0.05, 0.1) is 16.7 Å². The molecule has 84 valence electrons. The zero-order chi connectivity index (χ0) is 12.5. The van der Waals surface area contributed by atoms with Crippen LogP contribution in [0.25, 0.3) is 0 Å². The SMILES string of the molecule is Nc1cc(C(=O)O)c(C(=O)O)cc1C(=O)O. The number of nitrogen functional groups attached to an aromatic ring is 1. The van der Waals surface area contributed by atoms with Crippen LogP contribution in [0.5, 0.6) is 0 Å². The van der Waals surface area contributed by atoms with Crippen molar-refractivity contribution >= 4 is 23.6 Å². The van der Waals surface area contributed by atoms with Gasteiger partial charge in [-0.05, 0) is 12.1 Å². The molecule has 0 atom stereocenters. The molecule has 0 saturated heterocycles. The van der Waals surface area contributed by atoms with Gasteiger partial charge in [-0.25, -0.2) is 14.4 Å². The molecule has 16 heavy (non-hydrogen) atoms. The summed E-state index contributed by atoms with van der Waals surface area (Å²) in [6, 6.07) is 1.54. The third-order valence-corrected chi connectivity index (χ3v) is 1.88. The molecule has 5 N–H and O–H groups in total. The molecule has 0 amide bonds. The lowest BCUT2D eigenvalue weighted by atomic mass is 10.0. The average molecular weight is 225 g/mol. The predicted molar refractivity (Wildman–Crippen MR) is 51.7 cm³/mol. The van der Waals surface area contributed by atoms with Crippen LogP contribution >= 0.6 is 0 Å². The van der Waals surface area contributed by atoms with Crippen LogP contribution in [0.15, 0.2) is 12.1 Å². The first-order chi connectivity index (χ1) is 7.34. The van der Waals surface area contributed by atoms with E-state index in [2.05, 4.69) is 0 Å². The Morgan fingerprint density at radius 3 is 1.56 bits per heavy atom. The van der Waals surface area contributed by atoms with Crippen LogP contribution < -0.4 is 5.73 Å². The Morgan fingerprint density at radius 2 is 1.19 bits per heavy atom. The number of hydrogen-bond donors (Lipinski definition) is 4. The molecule has 0 fully saturated rings. The minimum absolute atomic E-state index is 0.296. The molecule has 0 spiro atoms. The summed E-state index contributed by atoms with van der Waals surface area (Å²) in [6.07, 6.45) is 0. The lowest BCUT2D eigenvalue weighted by Gasteiger charge is -2.06. The van der Waals surface area contributed by atoms with Crippen LogP contribution in [0.4, 0.5) is 5.69 Å². The van der Waals surface area contributed by atoms with E-state index in [4.69, 9.17) is 21.1 Å². The van der Waals surface area contributed by atoms with Crippen molar-refractivity contribution in [2.24, 2.45) is 0 Å². The highest BCUT2D eigenvalue weighted by Crippen LogP contribution is 2.19. The summed E-state index contributed by atoms with van der Waals surface area (Å²) in [7, 11) is 0. The summed E-state index contributed by atoms with van der Waals surface area (Å²) in [5.74, 6) is -4.43. The molecule has 0 aliphatic rings. The fourth-order valence-electron chi connectivity index (χ4n) is 1.16. The molecule has 7 heteroatoms. The number of rotatable bonds is 3. The first kappa shape index (κ1) is 11.5. The Labute approximate surface area is 88.7 Å². The van der Waals surface area contributed by atoms with Gasteiger partial charge in [-0.1, -0.05) is 0 Å². The fraction of sp³-hybridized carbons (Fsp3) is 0. The number of carboxylic acids is 3. The second kappa shape index (κ2) is 3.89. The zero-order valence-corrected chi connectivity index (χ0v) is 7.80. The van der Waals surface area contributed by atoms with E-state index in [1.165, 1.54) is 0 Å². The number of aromatic carboxylic acids is 3. The third-order valence-electron chi connectivity index (χ3n) is 1.88. The minimum Gasteiger partial charge on any atom is -0.478 e. The van der Waals surface area contributed by atoms with Crippen LogP contribution in [0.1, 0.15) is 31.1 Å². The van der Waals surface area contributed by atoms with E-state index in [0.29, 0.717) is 0 Å². The van der Waals surface area contributed by atoms with Crippen LogP contribution in [0.2, 0.25) is 0 Å². The average Bonchev–Trinajstić information content (AvgIpc) is 2.15. The van der Waals surface area contributed by atoms with Crippen LogP contribution in [-0.4, -0.2) is 33.2 Å².